The summed E-state index contributed by atoms with van der Waals surface area (Å²) in [6.07, 6.45) is -0.176. The topological polar surface area (TPSA) is 76.7 Å². The normalized spacial score (nSPS) is 10.2. The summed E-state index contributed by atoms with van der Waals surface area (Å²) in [5.41, 5.74) is 1.66. The summed E-state index contributed by atoms with van der Waals surface area (Å²) in [5.74, 6) is 0.359. The van der Waals surface area contributed by atoms with Crippen molar-refractivity contribution < 1.29 is 19.1 Å². The Morgan fingerprint density at radius 2 is 1.44 bits per heavy atom. The van der Waals surface area contributed by atoms with Crippen LogP contribution in [0.4, 0.5) is 16.2 Å². The fraction of sp³-hybridized carbons (Fsp3) is 0.263. The summed E-state index contributed by atoms with van der Waals surface area (Å²) in [6, 6.07) is 13.2. The third-order valence-electron chi connectivity index (χ3n) is 3.14. The molecule has 0 aliphatic carbocycles. The van der Waals surface area contributed by atoms with E-state index in [2.05, 4.69) is 10.6 Å². The summed E-state index contributed by atoms with van der Waals surface area (Å²) in [5, 5.41) is 5.43. The average Bonchev–Trinajstić information content (AvgIpc) is 2.57. The van der Waals surface area contributed by atoms with E-state index in [1.54, 1.807) is 62.4 Å². The molecule has 132 valence electrons. The molecule has 0 radical (unpaired) electrons. The molecule has 2 aromatic carbocycles. The fourth-order valence-corrected chi connectivity index (χ4v) is 2.07. The molecule has 25 heavy (non-hydrogen) atoms. The van der Waals surface area contributed by atoms with Crippen LogP contribution in [0.15, 0.2) is 48.5 Å². The van der Waals surface area contributed by atoms with Gasteiger partial charge in [-0.25, -0.2) is 9.59 Å². The highest BCUT2D eigenvalue weighted by molar-refractivity contribution is 6.00. The molecule has 0 spiro atoms. The molecule has 0 bridgehead atoms. The number of benzene rings is 2. The molecule has 6 nitrogen and oxygen atoms in total. The highest BCUT2D eigenvalue weighted by Crippen LogP contribution is 2.16. The van der Waals surface area contributed by atoms with Crippen LogP contribution in [-0.2, 0) is 4.74 Å². The molecule has 2 N–H and O–H groups in total. The Balaban J connectivity index is 1.90. The summed E-state index contributed by atoms with van der Waals surface area (Å²) >= 11 is 0. The fourth-order valence-electron chi connectivity index (χ4n) is 2.07. The molecule has 0 heterocycles. The van der Waals surface area contributed by atoms with Crippen molar-refractivity contribution in [1.29, 1.82) is 0 Å². The van der Waals surface area contributed by atoms with Gasteiger partial charge in [0.05, 0.1) is 18.3 Å². The van der Waals surface area contributed by atoms with Gasteiger partial charge in [0.1, 0.15) is 5.75 Å². The SMILES string of the molecule is CCOc1ccc(NC(=O)Nc2ccc(C(=O)OC(C)C)cc2)cc1. The lowest BCUT2D eigenvalue weighted by molar-refractivity contribution is 0.0378. The zero-order chi connectivity index (χ0) is 18.2. The van der Waals surface area contributed by atoms with Gasteiger partial charge in [-0.3, -0.25) is 0 Å². The van der Waals surface area contributed by atoms with Gasteiger partial charge >= 0.3 is 12.0 Å². The maximum absolute atomic E-state index is 12.0. The van der Waals surface area contributed by atoms with Gasteiger partial charge < -0.3 is 20.1 Å². The van der Waals surface area contributed by atoms with Crippen LogP contribution >= 0.6 is 0 Å². The van der Waals surface area contributed by atoms with Gasteiger partial charge in [0, 0.05) is 11.4 Å². The second kappa shape index (κ2) is 8.73. The molecule has 0 fully saturated rings. The molecule has 0 saturated heterocycles. The minimum Gasteiger partial charge on any atom is -0.494 e. The van der Waals surface area contributed by atoms with Crippen molar-refractivity contribution in [3.63, 3.8) is 0 Å². The smallest absolute Gasteiger partial charge is 0.338 e. The molecule has 2 amide bonds. The highest BCUT2D eigenvalue weighted by atomic mass is 16.5. The molecule has 0 aliphatic heterocycles. The van der Waals surface area contributed by atoms with Crippen LogP contribution in [0.25, 0.3) is 0 Å². The standard InChI is InChI=1S/C19H22N2O4/c1-4-24-17-11-9-16(10-12-17)21-19(23)20-15-7-5-14(6-8-15)18(22)25-13(2)3/h5-13H,4H2,1-3H3,(H2,20,21,23). The van der Waals surface area contributed by atoms with E-state index >= 15 is 0 Å². The summed E-state index contributed by atoms with van der Waals surface area (Å²) in [6.45, 7) is 6.08. The Kier molecular flexibility index (Phi) is 6.39. The van der Waals surface area contributed by atoms with Crippen LogP contribution in [0.1, 0.15) is 31.1 Å². The molecule has 0 aliphatic rings. The average molecular weight is 342 g/mol. The van der Waals surface area contributed by atoms with E-state index in [1.807, 2.05) is 6.92 Å². The number of urea groups is 1. The maximum atomic E-state index is 12.0. The molecule has 0 saturated carbocycles. The lowest BCUT2D eigenvalue weighted by Crippen LogP contribution is -2.19. The number of esters is 1. The third kappa shape index (κ3) is 5.84. The monoisotopic (exact) mass is 342 g/mol. The van der Waals surface area contributed by atoms with Gasteiger partial charge in [0.2, 0.25) is 0 Å². The first-order valence-corrected chi connectivity index (χ1v) is 8.10. The van der Waals surface area contributed by atoms with Crippen molar-refractivity contribution in [2.75, 3.05) is 17.2 Å². The third-order valence-corrected chi connectivity index (χ3v) is 3.14. The molecule has 2 aromatic rings. The van der Waals surface area contributed by atoms with Crippen LogP contribution in [0, 0.1) is 0 Å². The van der Waals surface area contributed by atoms with Gasteiger partial charge in [0.15, 0.2) is 0 Å². The van der Waals surface area contributed by atoms with E-state index in [-0.39, 0.29) is 18.1 Å². The molecule has 0 atom stereocenters. The summed E-state index contributed by atoms with van der Waals surface area (Å²) < 4.78 is 10.5. The van der Waals surface area contributed by atoms with Gasteiger partial charge in [-0.15, -0.1) is 0 Å². The molecule has 2 rings (SSSR count). The van der Waals surface area contributed by atoms with Crippen LogP contribution in [0.5, 0.6) is 5.75 Å². The number of nitrogens with one attached hydrogen (secondary N) is 2. The number of amides is 2. The first-order valence-electron chi connectivity index (χ1n) is 8.10. The number of carbonyl (C=O) groups is 2. The van der Waals surface area contributed by atoms with Gasteiger partial charge in [-0.2, -0.15) is 0 Å². The zero-order valence-electron chi connectivity index (χ0n) is 14.5. The second-order valence-corrected chi connectivity index (χ2v) is 5.57. The van der Waals surface area contributed by atoms with Crippen LogP contribution in [0.2, 0.25) is 0 Å². The minimum atomic E-state index is -0.389. The number of ether oxygens (including phenoxy) is 2. The van der Waals surface area contributed by atoms with Crippen LogP contribution in [0.3, 0.4) is 0 Å². The van der Waals surface area contributed by atoms with Crippen molar-refractivity contribution in [1.82, 2.24) is 0 Å². The van der Waals surface area contributed by atoms with E-state index < -0.39 is 0 Å². The van der Waals surface area contributed by atoms with Gasteiger partial charge in [-0.05, 0) is 69.3 Å². The largest absolute Gasteiger partial charge is 0.494 e. The predicted octanol–water partition coefficient (Wildman–Crippen LogP) is 4.29. The molecular weight excluding hydrogens is 320 g/mol. The summed E-state index contributed by atoms with van der Waals surface area (Å²) in [7, 11) is 0. The molecule has 0 aromatic heterocycles. The van der Waals surface area contributed by atoms with Gasteiger partial charge in [-0.1, -0.05) is 0 Å². The maximum Gasteiger partial charge on any atom is 0.338 e. The Labute approximate surface area is 147 Å². The van der Waals surface area contributed by atoms with E-state index in [9.17, 15) is 9.59 Å². The number of hydrogen-bond donors (Lipinski definition) is 2. The minimum absolute atomic E-state index is 0.176. The van der Waals surface area contributed by atoms with Crippen LogP contribution in [-0.4, -0.2) is 24.7 Å². The van der Waals surface area contributed by atoms with Crippen molar-refractivity contribution >= 4 is 23.4 Å². The van der Waals surface area contributed by atoms with Gasteiger partial charge in [0.25, 0.3) is 0 Å². The number of rotatable bonds is 6. The molecule has 0 unspecified atom stereocenters. The first kappa shape index (κ1) is 18.3. The predicted molar refractivity (Wildman–Crippen MR) is 97.2 cm³/mol. The Bertz CT molecular complexity index is 709. The van der Waals surface area contributed by atoms with E-state index in [1.165, 1.54) is 0 Å². The lowest BCUT2D eigenvalue weighted by atomic mass is 10.2. The van der Waals surface area contributed by atoms with Crippen LogP contribution < -0.4 is 15.4 Å². The summed E-state index contributed by atoms with van der Waals surface area (Å²) in [4.78, 5) is 23.8. The Morgan fingerprint density at radius 1 is 0.920 bits per heavy atom. The van der Waals surface area contributed by atoms with Crippen molar-refractivity contribution in [2.24, 2.45) is 0 Å². The van der Waals surface area contributed by atoms with E-state index in [4.69, 9.17) is 9.47 Å². The number of anilines is 2. The van der Waals surface area contributed by atoms with Crippen molar-refractivity contribution in [3.05, 3.63) is 54.1 Å². The molecular formula is C19H22N2O4. The first-order chi connectivity index (χ1) is 12.0. The zero-order valence-corrected chi connectivity index (χ0v) is 14.5. The molecule has 6 heteroatoms. The second-order valence-electron chi connectivity index (χ2n) is 5.57. The number of carbonyl (C=O) groups excluding carboxylic acids is 2. The quantitative estimate of drug-likeness (QED) is 0.768. The Hall–Kier alpha value is -3.02. The lowest BCUT2D eigenvalue weighted by Gasteiger charge is -2.10. The van der Waals surface area contributed by atoms with E-state index in [0.717, 1.165) is 5.75 Å². The van der Waals surface area contributed by atoms with Crippen molar-refractivity contribution in [2.45, 2.75) is 26.9 Å². The highest BCUT2D eigenvalue weighted by Gasteiger charge is 2.09. The Morgan fingerprint density at radius 3 is 1.92 bits per heavy atom. The van der Waals surface area contributed by atoms with E-state index in [0.29, 0.717) is 23.5 Å². The van der Waals surface area contributed by atoms with Crippen molar-refractivity contribution in [3.8, 4) is 5.75 Å². The number of hydrogen-bond acceptors (Lipinski definition) is 4.